The molecule has 11 heteroatoms. The Hall–Kier alpha value is -4.25. The Morgan fingerprint density at radius 1 is 0.860 bits per heavy atom. The number of ether oxygens (including phenoxy) is 3. The lowest BCUT2D eigenvalue weighted by Gasteiger charge is -2.35. The molecule has 2 amide bonds. The molecule has 3 aromatic carbocycles. The Labute approximate surface area is 254 Å². The fourth-order valence-electron chi connectivity index (χ4n) is 4.52. The predicted molar refractivity (Wildman–Crippen MR) is 166 cm³/mol. The van der Waals surface area contributed by atoms with Crippen LogP contribution in [0.25, 0.3) is 0 Å². The molecular formula is C32H41N3O7S. The number of benzene rings is 3. The molecule has 0 fully saturated rings. The first-order chi connectivity index (χ1) is 20.3. The minimum absolute atomic E-state index is 0.00751. The molecule has 1 N–H and O–H groups in total. The Bertz CT molecular complexity index is 1490. The molecule has 0 bridgehead atoms. The zero-order valence-corrected chi connectivity index (χ0v) is 26.6. The van der Waals surface area contributed by atoms with Crippen LogP contribution in [0, 0.1) is 0 Å². The number of methoxy groups -OCH3 is 3. The van der Waals surface area contributed by atoms with Gasteiger partial charge in [0.2, 0.25) is 11.8 Å². The topological polar surface area (TPSA) is 114 Å². The molecule has 0 unspecified atom stereocenters. The SMILES string of the molecule is CC[C@H](C(=O)NC(C)(C)C)N(Cc1ccc(OC)cc1)C(=O)CN(c1cc(OC)ccc1OC)S(=O)(=O)c1ccccc1. The van der Waals surface area contributed by atoms with Crippen LogP contribution in [0.3, 0.4) is 0 Å². The fraction of sp³-hybridized carbons (Fsp3) is 0.375. The number of rotatable bonds is 13. The summed E-state index contributed by atoms with van der Waals surface area (Å²) in [7, 11) is 0.167. The first-order valence-electron chi connectivity index (χ1n) is 13.9. The summed E-state index contributed by atoms with van der Waals surface area (Å²) in [6.45, 7) is 6.85. The van der Waals surface area contributed by atoms with Crippen LogP contribution in [0.5, 0.6) is 17.2 Å². The van der Waals surface area contributed by atoms with Gasteiger partial charge in [-0.1, -0.05) is 37.3 Å². The second-order valence-corrected chi connectivity index (χ2v) is 12.8. The molecule has 1 atom stereocenters. The Balaban J connectivity index is 2.14. The molecule has 3 rings (SSSR count). The Morgan fingerprint density at radius 3 is 2.00 bits per heavy atom. The van der Waals surface area contributed by atoms with E-state index in [1.807, 2.05) is 27.7 Å². The maximum absolute atomic E-state index is 14.3. The summed E-state index contributed by atoms with van der Waals surface area (Å²) in [6, 6.07) is 18.8. The van der Waals surface area contributed by atoms with Crippen molar-refractivity contribution < 1.29 is 32.2 Å². The molecule has 43 heavy (non-hydrogen) atoms. The number of anilines is 1. The monoisotopic (exact) mass is 611 g/mol. The first-order valence-corrected chi connectivity index (χ1v) is 15.3. The second kappa shape index (κ2) is 14.3. The van der Waals surface area contributed by atoms with E-state index in [2.05, 4.69) is 5.32 Å². The molecule has 3 aromatic rings. The minimum atomic E-state index is -4.27. The van der Waals surface area contributed by atoms with Crippen molar-refractivity contribution in [1.29, 1.82) is 0 Å². The van der Waals surface area contributed by atoms with Gasteiger partial charge < -0.3 is 24.4 Å². The van der Waals surface area contributed by atoms with Crippen LogP contribution in [0.2, 0.25) is 0 Å². The van der Waals surface area contributed by atoms with Gasteiger partial charge in [-0.25, -0.2) is 8.42 Å². The van der Waals surface area contributed by atoms with E-state index in [1.165, 1.54) is 37.3 Å². The fourth-order valence-corrected chi connectivity index (χ4v) is 5.96. The lowest BCUT2D eigenvalue weighted by atomic mass is 10.1. The zero-order valence-electron chi connectivity index (χ0n) is 25.8. The van der Waals surface area contributed by atoms with Crippen molar-refractivity contribution >= 4 is 27.5 Å². The number of carbonyl (C=O) groups excluding carboxylic acids is 2. The van der Waals surface area contributed by atoms with Crippen molar-refractivity contribution in [2.75, 3.05) is 32.2 Å². The number of sulfonamides is 1. The molecule has 232 valence electrons. The summed E-state index contributed by atoms with van der Waals surface area (Å²) in [5, 5.41) is 2.96. The van der Waals surface area contributed by atoms with Gasteiger partial charge in [0.05, 0.1) is 31.9 Å². The van der Waals surface area contributed by atoms with Crippen molar-refractivity contribution in [3.8, 4) is 17.2 Å². The third-order valence-electron chi connectivity index (χ3n) is 6.66. The van der Waals surface area contributed by atoms with Gasteiger partial charge in [0.1, 0.15) is 29.8 Å². The van der Waals surface area contributed by atoms with E-state index >= 15 is 0 Å². The molecule has 0 aliphatic heterocycles. The lowest BCUT2D eigenvalue weighted by Crippen LogP contribution is -2.55. The number of nitrogens with zero attached hydrogens (tertiary/aromatic N) is 2. The van der Waals surface area contributed by atoms with E-state index in [4.69, 9.17) is 14.2 Å². The van der Waals surface area contributed by atoms with Gasteiger partial charge in [-0.05, 0) is 69.2 Å². The van der Waals surface area contributed by atoms with Crippen molar-refractivity contribution in [3.05, 3.63) is 78.4 Å². The van der Waals surface area contributed by atoms with Crippen molar-refractivity contribution in [2.45, 2.75) is 57.1 Å². The normalized spacial score (nSPS) is 12.2. The van der Waals surface area contributed by atoms with Crippen molar-refractivity contribution in [2.24, 2.45) is 0 Å². The molecule has 0 radical (unpaired) electrons. The highest BCUT2D eigenvalue weighted by atomic mass is 32.2. The van der Waals surface area contributed by atoms with E-state index in [9.17, 15) is 18.0 Å². The largest absolute Gasteiger partial charge is 0.497 e. The Kier molecular flexibility index (Phi) is 11.0. The predicted octanol–water partition coefficient (Wildman–Crippen LogP) is 4.63. The quantitative estimate of drug-likeness (QED) is 0.300. The summed E-state index contributed by atoms with van der Waals surface area (Å²) in [5.74, 6) is 0.337. The summed E-state index contributed by atoms with van der Waals surface area (Å²) < 4.78 is 45.4. The van der Waals surface area contributed by atoms with Crippen LogP contribution in [0.15, 0.2) is 77.7 Å². The Morgan fingerprint density at radius 2 is 1.47 bits per heavy atom. The minimum Gasteiger partial charge on any atom is -0.497 e. The third-order valence-corrected chi connectivity index (χ3v) is 8.43. The van der Waals surface area contributed by atoms with Crippen LogP contribution >= 0.6 is 0 Å². The first kappa shape index (κ1) is 33.3. The summed E-state index contributed by atoms with van der Waals surface area (Å²) in [5.41, 5.74) is 0.318. The summed E-state index contributed by atoms with van der Waals surface area (Å²) in [4.78, 5) is 29.2. The van der Waals surface area contributed by atoms with Crippen LogP contribution in [0.1, 0.15) is 39.7 Å². The van der Waals surface area contributed by atoms with Gasteiger partial charge in [-0.15, -0.1) is 0 Å². The molecule has 0 aliphatic carbocycles. The third kappa shape index (κ3) is 8.41. The van der Waals surface area contributed by atoms with E-state index in [0.29, 0.717) is 17.9 Å². The van der Waals surface area contributed by atoms with Gasteiger partial charge in [0.15, 0.2) is 0 Å². The lowest BCUT2D eigenvalue weighted by molar-refractivity contribution is -0.141. The van der Waals surface area contributed by atoms with Crippen molar-refractivity contribution in [3.63, 3.8) is 0 Å². The number of hydrogen-bond donors (Lipinski definition) is 1. The zero-order chi connectivity index (χ0) is 31.8. The van der Waals surface area contributed by atoms with E-state index in [-0.39, 0.29) is 28.8 Å². The van der Waals surface area contributed by atoms with E-state index in [1.54, 1.807) is 61.7 Å². The molecule has 0 aliphatic rings. The molecule has 0 spiro atoms. The molecule has 0 heterocycles. The molecule has 0 aromatic heterocycles. The van der Waals surface area contributed by atoms with Crippen LogP contribution in [0.4, 0.5) is 5.69 Å². The van der Waals surface area contributed by atoms with Crippen LogP contribution in [-0.4, -0.2) is 64.6 Å². The van der Waals surface area contributed by atoms with E-state index in [0.717, 1.165) is 9.87 Å². The second-order valence-electron chi connectivity index (χ2n) is 10.9. The van der Waals surface area contributed by atoms with Crippen LogP contribution < -0.4 is 23.8 Å². The van der Waals surface area contributed by atoms with Gasteiger partial charge in [-0.2, -0.15) is 0 Å². The smallest absolute Gasteiger partial charge is 0.264 e. The molecule has 10 nitrogen and oxygen atoms in total. The maximum Gasteiger partial charge on any atom is 0.264 e. The number of amides is 2. The molecule has 0 saturated heterocycles. The van der Waals surface area contributed by atoms with Crippen LogP contribution in [-0.2, 0) is 26.2 Å². The van der Waals surface area contributed by atoms with Gasteiger partial charge in [0, 0.05) is 18.2 Å². The summed E-state index contributed by atoms with van der Waals surface area (Å²) >= 11 is 0. The highest BCUT2D eigenvalue weighted by Gasteiger charge is 2.35. The molecule has 0 saturated carbocycles. The van der Waals surface area contributed by atoms with Gasteiger partial charge >= 0.3 is 0 Å². The average Bonchev–Trinajstić information content (AvgIpc) is 2.99. The van der Waals surface area contributed by atoms with Gasteiger partial charge in [0.25, 0.3) is 10.0 Å². The standard InChI is InChI=1S/C32H41N3O7S/c1-8-27(31(37)33-32(2,3)4)34(21-23-14-16-24(40-5)17-15-23)30(36)22-35(43(38,39)26-12-10-9-11-13-26)28-20-25(41-6)18-19-29(28)42-7/h9-20,27H,8,21-22H2,1-7H3,(H,33,37)/t27-/m1/s1. The number of carbonyl (C=O) groups is 2. The van der Waals surface area contributed by atoms with Crippen molar-refractivity contribution in [1.82, 2.24) is 10.2 Å². The summed E-state index contributed by atoms with van der Waals surface area (Å²) in [6.07, 6.45) is 0.303. The maximum atomic E-state index is 14.3. The number of hydrogen-bond acceptors (Lipinski definition) is 7. The number of nitrogens with one attached hydrogen (secondary N) is 1. The highest BCUT2D eigenvalue weighted by Crippen LogP contribution is 2.36. The van der Waals surface area contributed by atoms with E-state index < -0.39 is 34.1 Å². The highest BCUT2D eigenvalue weighted by molar-refractivity contribution is 7.92. The van der Waals surface area contributed by atoms with Gasteiger partial charge in [-0.3, -0.25) is 13.9 Å². The average molecular weight is 612 g/mol. The molecular weight excluding hydrogens is 570 g/mol.